The van der Waals surface area contributed by atoms with Crippen molar-refractivity contribution >= 4 is 5.96 Å². The van der Waals surface area contributed by atoms with Crippen LogP contribution in [-0.2, 0) is 6.42 Å². The smallest absolute Gasteiger partial charge is 0.193 e. The zero-order valence-electron chi connectivity index (χ0n) is 15.2. The number of ether oxygens (including phenoxy) is 1. The van der Waals surface area contributed by atoms with E-state index in [2.05, 4.69) is 21.8 Å². The number of benzene rings is 1. The number of unbranched alkanes of at least 4 members (excludes halogenated alkanes) is 3. The van der Waals surface area contributed by atoms with Gasteiger partial charge in [-0.3, -0.25) is 4.99 Å². The minimum absolute atomic E-state index is 0.265. The Morgan fingerprint density at radius 1 is 1.38 bits per heavy atom. The molecule has 134 valence electrons. The van der Waals surface area contributed by atoms with Crippen molar-refractivity contribution < 1.29 is 9.84 Å². The summed E-state index contributed by atoms with van der Waals surface area (Å²) in [5.74, 6) is 1.81. The van der Waals surface area contributed by atoms with E-state index in [1.54, 1.807) is 20.2 Å². The summed E-state index contributed by atoms with van der Waals surface area (Å²) < 4.78 is 5.10. The summed E-state index contributed by atoms with van der Waals surface area (Å²) in [5.41, 5.74) is 0.894. The van der Waals surface area contributed by atoms with Gasteiger partial charge in [0.25, 0.3) is 0 Å². The Balaban J connectivity index is 2.36. The number of phenolic OH excluding ortho intramolecular Hbond substituents is 1. The third-order valence-electron chi connectivity index (χ3n) is 3.95. The van der Waals surface area contributed by atoms with E-state index in [-0.39, 0.29) is 5.75 Å². The molecule has 0 spiro atoms. The van der Waals surface area contributed by atoms with Gasteiger partial charge >= 0.3 is 0 Å². The molecule has 0 amide bonds. The van der Waals surface area contributed by atoms with Gasteiger partial charge in [-0.05, 0) is 37.3 Å². The number of methoxy groups -OCH3 is 1. The van der Waals surface area contributed by atoms with Gasteiger partial charge in [0.1, 0.15) is 11.5 Å². The lowest BCUT2D eigenvalue weighted by Crippen LogP contribution is -2.40. The van der Waals surface area contributed by atoms with Gasteiger partial charge in [0, 0.05) is 33.3 Å². The van der Waals surface area contributed by atoms with E-state index >= 15 is 0 Å². The highest BCUT2D eigenvalue weighted by Gasteiger charge is 2.07. The van der Waals surface area contributed by atoms with E-state index in [4.69, 9.17) is 4.74 Å². The molecule has 0 aromatic heterocycles. The molecule has 0 aliphatic rings. The number of rotatable bonds is 10. The number of hydrogen-bond donors (Lipinski definition) is 2. The Morgan fingerprint density at radius 3 is 2.79 bits per heavy atom. The minimum atomic E-state index is 0.265. The molecular formula is C19H31N3O2. The van der Waals surface area contributed by atoms with E-state index in [1.165, 1.54) is 12.8 Å². The molecule has 0 aliphatic carbocycles. The fourth-order valence-electron chi connectivity index (χ4n) is 2.50. The Hall–Kier alpha value is -2.17. The van der Waals surface area contributed by atoms with E-state index < -0.39 is 0 Å². The maximum Gasteiger partial charge on any atom is 0.193 e. The highest BCUT2D eigenvalue weighted by Crippen LogP contribution is 2.23. The number of phenols is 1. The molecule has 0 fully saturated rings. The molecule has 1 aromatic carbocycles. The zero-order chi connectivity index (χ0) is 17.8. The van der Waals surface area contributed by atoms with Crippen molar-refractivity contribution in [2.75, 3.05) is 34.3 Å². The van der Waals surface area contributed by atoms with Gasteiger partial charge in [0.05, 0.1) is 7.11 Å². The van der Waals surface area contributed by atoms with Gasteiger partial charge < -0.3 is 20.1 Å². The van der Waals surface area contributed by atoms with Gasteiger partial charge in [-0.2, -0.15) is 0 Å². The average Bonchev–Trinajstić information content (AvgIpc) is 2.59. The summed E-state index contributed by atoms with van der Waals surface area (Å²) in [6.45, 7) is 5.44. The molecule has 0 aliphatic heterocycles. The summed E-state index contributed by atoms with van der Waals surface area (Å²) in [5, 5.41) is 13.3. The molecule has 1 rings (SSSR count). The standard InChI is InChI=1S/C19H31N3O2/c1-5-6-7-8-9-14-22(3)19(20-2)21-13-12-16-10-11-17(24-4)15-18(16)23/h5,10-11,15,23H,1,6-9,12-14H2,2-4H3,(H,20,21). The third kappa shape index (κ3) is 6.94. The molecule has 5 heteroatoms. The predicted molar refractivity (Wildman–Crippen MR) is 101 cm³/mol. The highest BCUT2D eigenvalue weighted by atomic mass is 16.5. The van der Waals surface area contributed by atoms with Crippen LogP contribution in [0.3, 0.4) is 0 Å². The monoisotopic (exact) mass is 333 g/mol. The Morgan fingerprint density at radius 2 is 2.17 bits per heavy atom. The largest absolute Gasteiger partial charge is 0.508 e. The first-order valence-electron chi connectivity index (χ1n) is 8.51. The van der Waals surface area contributed by atoms with Crippen molar-refractivity contribution in [3.8, 4) is 11.5 Å². The molecule has 0 radical (unpaired) electrons. The Labute approximate surface area is 146 Å². The number of nitrogens with zero attached hydrogens (tertiary/aromatic N) is 2. The minimum Gasteiger partial charge on any atom is -0.508 e. The van der Waals surface area contributed by atoms with Crippen LogP contribution in [0, 0.1) is 0 Å². The summed E-state index contributed by atoms with van der Waals surface area (Å²) in [7, 11) is 5.43. The predicted octanol–water partition coefficient (Wildman–Crippen LogP) is 3.20. The molecule has 0 saturated heterocycles. The SMILES string of the molecule is C=CCCCCCN(C)C(=NC)NCCc1ccc(OC)cc1O. The summed E-state index contributed by atoms with van der Waals surface area (Å²) in [4.78, 5) is 6.46. The number of hydrogen-bond acceptors (Lipinski definition) is 3. The molecule has 24 heavy (non-hydrogen) atoms. The van der Waals surface area contributed by atoms with Crippen LogP contribution < -0.4 is 10.1 Å². The van der Waals surface area contributed by atoms with E-state index in [0.29, 0.717) is 12.3 Å². The number of nitrogens with one attached hydrogen (secondary N) is 1. The second-order valence-electron chi connectivity index (χ2n) is 5.78. The van der Waals surface area contributed by atoms with Crippen molar-refractivity contribution in [3.05, 3.63) is 36.4 Å². The van der Waals surface area contributed by atoms with Crippen LogP contribution in [-0.4, -0.2) is 50.3 Å². The topological polar surface area (TPSA) is 57.1 Å². The van der Waals surface area contributed by atoms with E-state index in [1.807, 2.05) is 25.3 Å². The van der Waals surface area contributed by atoms with Crippen LogP contribution >= 0.6 is 0 Å². The van der Waals surface area contributed by atoms with Crippen LogP contribution in [0.25, 0.3) is 0 Å². The lowest BCUT2D eigenvalue weighted by molar-refractivity contribution is 0.406. The molecule has 0 saturated carbocycles. The Bertz CT molecular complexity index is 529. The van der Waals surface area contributed by atoms with Crippen molar-refractivity contribution in [1.82, 2.24) is 10.2 Å². The molecule has 0 unspecified atom stereocenters. The molecule has 0 bridgehead atoms. The number of aromatic hydroxyl groups is 1. The van der Waals surface area contributed by atoms with E-state index in [0.717, 1.165) is 37.3 Å². The first-order chi connectivity index (χ1) is 11.6. The second kappa shape index (κ2) is 11.4. The lowest BCUT2D eigenvalue weighted by Gasteiger charge is -2.22. The maximum absolute atomic E-state index is 9.99. The molecule has 5 nitrogen and oxygen atoms in total. The first-order valence-corrected chi connectivity index (χ1v) is 8.51. The number of guanidine groups is 1. The molecule has 0 atom stereocenters. The normalized spacial score (nSPS) is 11.2. The lowest BCUT2D eigenvalue weighted by atomic mass is 10.1. The fourth-order valence-corrected chi connectivity index (χ4v) is 2.50. The van der Waals surface area contributed by atoms with E-state index in [9.17, 15) is 5.11 Å². The fraction of sp³-hybridized carbons (Fsp3) is 0.526. The van der Waals surface area contributed by atoms with Gasteiger partial charge in [-0.1, -0.05) is 18.6 Å². The average molecular weight is 333 g/mol. The Kier molecular flexibility index (Phi) is 9.42. The van der Waals surface area contributed by atoms with Crippen molar-refractivity contribution in [3.63, 3.8) is 0 Å². The zero-order valence-corrected chi connectivity index (χ0v) is 15.2. The van der Waals surface area contributed by atoms with Crippen molar-refractivity contribution in [2.45, 2.75) is 32.1 Å². The molecular weight excluding hydrogens is 302 g/mol. The number of allylic oxidation sites excluding steroid dienone is 1. The molecule has 2 N–H and O–H groups in total. The number of aliphatic imine (C=N–C) groups is 1. The van der Waals surface area contributed by atoms with Gasteiger partial charge in [-0.15, -0.1) is 6.58 Å². The summed E-state index contributed by atoms with van der Waals surface area (Å²) in [6.07, 6.45) is 7.32. The van der Waals surface area contributed by atoms with Crippen LogP contribution in [0.2, 0.25) is 0 Å². The highest BCUT2D eigenvalue weighted by molar-refractivity contribution is 5.79. The van der Waals surface area contributed by atoms with Crippen molar-refractivity contribution in [1.29, 1.82) is 0 Å². The van der Waals surface area contributed by atoms with Crippen LogP contribution in [0.15, 0.2) is 35.8 Å². The van der Waals surface area contributed by atoms with Crippen LogP contribution in [0.1, 0.15) is 31.2 Å². The summed E-state index contributed by atoms with van der Waals surface area (Å²) in [6, 6.07) is 5.39. The second-order valence-corrected chi connectivity index (χ2v) is 5.78. The van der Waals surface area contributed by atoms with Crippen LogP contribution in [0.4, 0.5) is 0 Å². The first kappa shape index (κ1) is 19.9. The summed E-state index contributed by atoms with van der Waals surface area (Å²) >= 11 is 0. The van der Waals surface area contributed by atoms with Crippen molar-refractivity contribution in [2.24, 2.45) is 4.99 Å². The quantitative estimate of drug-likeness (QED) is 0.299. The molecule has 1 aromatic rings. The maximum atomic E-state index is 9.99. The van der Waals surface area contributed by atoms with Gasteiger partial charge in [0.15, 0.2) is 5.96 Å². The molecule has 0 heterocycles. The third-order valence-corrected chi connectivity index (χ3v) is 3.95. The van der Waals surface area contributed by atoms with Gasteiger partial charge in [0.2, 0.25) is 0 Å². The van der Waals surface area contributed by atoms with Gasteiger partial charge in [-0.25, -0.2) is 0 Å². The van der Waals surface area contributed by atoms with Crippen LogP contribution in [0.5, 0.6) is 11.5 Å².